The first-order valence-corrected chi connectivity index (χ1v) is 6.24. The molecule has 1 N–H and O–H groups in total. The largest absolute Gasteiger partial charge is 0.456 e. The van der Waals surface area contributed by atoms with Gasteiger partial charge < -0.3 is 9.52 Å². The molecule has 3 aromatic rings. The Balaban J connectivity index is 2.07. The summed E-state index contributed by atoms with van der Waals surface area (Å²) in [7, 11) is 0. The van der Waals surface area contributed by atoms with Crippen molar-refractivity contribution in [3.05, 3.63) is 70.4 Å². The van der Waals surface area contributed by atoms with Gasteiger partial charge in [-0.05, 0) is 29.8 Å². The molecule has 2 aromatic carbocycles. The van der Waals surface area contributed by atoms with Gasteiger partial charge in [-0.3, -0.25) is 0 Å². The SMILES string of the molecule is OC(c1cc(F)cc(F)c1)c1cc2cccc(Cl)c2o1. The third-order valence-corrected chi connectivity index (χ3v) is 3.28. The Bertz CT molecular complexity index is 762. The van der Waals surface area contributed by atoms with Crippen LogP contribution in [0.4, 0.5) is 8.78 Å². The van der Waals surface area contributed by atoms with E-state index in [2.05, 4.69) is 0 Å². The molecule has 1 aromatic heterocycles. The summed E-state index contributed by atoms with van der Waals surface area (Å²) in [6.45, 7) is 0. The van der Waals surface area contributed by atoms with Gasteiger partial charge in [0.2, 0.25) is 0 Å². The zero-order valence-electron chi connectivity index (χ0n) is 10.1. The molecule has 0 spiro atoms. The number of aliphatic hydroxyl groups is 1. The molecule has 0 aliphatic carbocycles. The Kier molecular flexibility index (Phi) is 3.20. The van der Waals surface area contributed by atoms with Crippen LogP contribution in [0.2, 0.25) is 5.02 Å². The Labute approximate surface area is 118 Å². The molecule has 1 unspecified atom stereocenters. The molecule has 0 radical (unpaired) electrons. The molecular formula is C15H9ClF2O2. The number of hydrogen-bond donors (Lipinski definition) is 1. The highest BCUT2D eigenvalue weighted by Crippen LogP contribution is 2.32. The smallest absolute Gasteiger partial charge is 0.153 e. The molecule has 1 heterocycles. The minimum Gasteiger partial charge on any atom is -0.456 e. The van der Waals surface area contributed by atoms with Crippen molar-refractivity contribution in [2.24, 2.45) is 0 Å². The quantitative estimate of drug-likeness (QED) is 0.757. The van der Waals surface area contributed by atoms with Crippen LogP contribution < -0.4 is 0 Å². The van der Waals surface area contributed by atoms with E-state index in [0.717, 1.165) is 18.2 Å². The van der Waals surface area contributed by atoms with Gasteiger partial charge in [-0.1, -0.05) is 23.7 Å². The van der Waals surface area contributed by atoms with E-state index in [-0.39, 0.29) is 11.3 Å². The minimum atomic E-state index is -1.26. The first-order valence-electron chi connectivity index (χ1n) is 5.86. The molecular weight excluding hydrogens is 286 g/mol. The summed E-state index contributed by atoms with van der Waals surface area (Å²) in [5, 5.41) is 11.3. The second-order valence-corrected chi connectivity index (χ2v) is 4.82. The van der Waals surface area contributed by atoms with Crippen LogP contribution in [-0.4, -0.2) is 5.11 Å². The van der Waals surface area contributed by atoms with Gasteiger partial charge in [0.1, 0.15) is 23.5 Å². The lowest BCUT2D eigenvalue weighted by atomic mass is 10.1. The number of furan rings is 1. The van der Waals surface area contributed by atoms with E-state index in [9.17, 15) is 13.9 Å². The van der Waals surface area contributed by atoms with E-state index in [4.69, 9.17) is 16.0 Å². The number of halogens is 3. The number of aliphatic hydroxyl groups excluding tert-OH is 1. The highest BCUT2D eigenvalue weighted by atomic mass is 35.5. The third-order valence-electron chi connectivity index (χ3n) is 2.99. The topological polar surface area (TPSA) is 33.4 Å². The van der Waals surface area contributed by atoms with Gasteiger partial charge in [0.25, 0.3) is 0 Å². The van der Waals surface area contributed by atoms with Crippen molar-refractivity contribution in [1.29, 1.82) is 0 Å². The number of hydrogen-bond acceptors (Lipinski definition) is 2. The standard InChI is InChI=1S/C15H9ClF2O2/c16-12-3-1-2-8-6-13(20-15(8)12)14(19)9-4-10(17)7-11(18)5-9/h1-7,14,19H. The highest BCUT2D eigenvalue weighted by Gasteiger charge is 2.18. The highest BCUT2D eigenvalue weighted by molar-refractivity contribution is 6.34. The van der Waals surface area contributed by atoms with Gasteiger partial charge in [0.15, 0.2) is 5.58 Å². The summed E-state index contributed by atoms with van der Waals surface area (Å²) < 4.78 is 31.8. The fourth-order valence-electron chi connectivity index (χ4n) is 2.08. The van der Waals surface area contributed by atoms with E-state index >= 15 is 0 Å². The van der Waals surface area contributed by atoms with E-state index in [1.165, 1.54) is 0 Å². The maximum atomic E-state index is 13.2. The first-order chi connectivity index (χ1) is 9.54. The maximum absolute atomic E-state index is 13.2. The molecule has 0 saturated heterocycles. The minimum absolute atomic E-state index is 0.0812. The van der Waals surface area contributed by atoms with Crippen molar-refractivity contribution in [1.82, 2.24) is 0 Å². The second kappa shape index (κ2) is 4.89. The summed E-state index contributed by atoms with van der Waals surface area (Å²) in [5.74, 6) is -1.33. The van der Waals surface area contributed by atoms with Crippen LogP contribution >= 0.6 is 11.6 Å². The monoisotopic (exact) mass is 294 g/mol. The molecule has 0 amide bonds. The molecule has 20 heavy (non-hydrogen) atoms. The van der Waals surface area contributed by atoms with Crippen molar-refractivity contribution in [2.45, 2.75) is 6.10 Å². The molecule has 0 aliphatic heterocycles. The summed E-state index contributed by atoms with van der Waals surface area (Å²) in [6.07, 6.45) is -1.26. The fourth-order valence-corrected chi connectivity index (χ4v) is 2.30. The molecule has 3 rings (SSSR count). The van der Waals surface area contributed by atoms with Crippen molar-refractivity contribution < 1.29 is 18.3 Å². The lowest BCUT2D eigenvalue weighted by molar-refractivity contribution is 0.191. The van der Waals surface area contributed by atoms with Crippen LogP contribution in [0, 0.1) is 11.6 Å². The predicted octanol–water partition coefficient (Wildman–Crippen LogP) is 4.45. The third kappa shape index (κ3) is 2.28. The first kappa shape index (κ1) is 13.1. The second-order valence-electron chi connectivity index (χ2n) is 4.41. The van der Waals surface area contributed by atoms with E-state index in [1.54, 1.807) is 24.3 Å². The molecule has 0 bridgehead atoms. The Morgan fingerprint density at radius 3 is 2.40 bits per heavy atom. The molecule has 102 valence electrons. The van der Waals surface area contributed by atoms with E-state index < -0.39 is 17.7 Å². The van der Waals surface area contributed by atoms with Crippen LogP contribution in [0.15, 0.2) is 46.9 Å². The van der Waals surface area contributed by atoms with Crippen LogP contribution in [-0.2, 0) is 0 Å². The Morgan fingerprint density at radius 1 is 1.05 bits per heavy atom. The number of benzene rings is 2. The van der Waals surface area contributed by atoms with E-state index in [1.807, 2.05) is 0 Å². The molecule has 0 saturated carbocycles. The van der Waals surface area contributed by atoms with Crippen LogP contribution in [0.1, 0.15) is 17.4 Å². The number of para-hydroxylation sites is 1. The predicted molar refractivity (Wildman–Crippen MR) is 71.6 cm³/mol. The van der Waals surface area contributed by atoms with Gasteiger partial charge in [-0.15, -0.1) is 0 Å². The van der Waals surface area contributed by atoms with Gasteiger partial charge >= 0.3 is 0 Å². The molecule has 2 nitrogen and oxygen atoms in total. The average Bonchev–Trinajstić information content (AvgIpc) is 2.82. The van der Waals surface area contributed by atoms with Crippen molar-refractivity contribution in [3.63, 3.8) is 0 Å². The summed E-state index contributed by atoms with van der Waals surface area (Å²) >= 11 is 5.98. The summed E-state index contributed by atoms with van der Waals surface area (Å²) in [5.41, 5.74) is 0.512. The van der Waals surface area contributed by atoms with Crippen LogP contribution in [0.3, 0.4) is 0 Å². The normalized spacial score (nSPS) is 12.8. The summed E-state index contributed by atoms with van der Waals surface area (Å²) in [6, 6.07) is 9.63. The van der Waals surface area contributed by atoms with E-state index in [0.29, 0.717) is 16.0 Å². The summed E-state index contributed by atoms with van der Waals surface area (Å²) in [4.78, 5) is 0. The Morgan fingerprint density at radius 2 is 1.75 bits per heavy atom. The number of rotatable bonds is 2. The van der Waals surface area contributed by atoms with Gasteiger partial charge in [-0.2, -0.15) is 0 Å². The lowest BCUT2D eigenvalue weighted by Gasteiger charge is -2.08. The average molecular weight is 295 g/mol. The van der Waals surface area contributed by atoms with Crippen molar-refractivity contribution in [2.75, 3.05) is 0 Å². The number of fused-ring (bicyclic) bond motifs is 1. The molecule has 1 atom stereocenters. The molecule has 0 fully saturated rings. The van der Waals surface area contributed by atoms with Crippen molar-refractivity contribution in [3.8, 4) is 0 Å². The van der Waals surface area contributed by atoms with Gasteiger partial charge in [0.05, 0.1) is 5.02 Å². The zero-order valence-corrected chi connectivity index (χ0v) is 10.9. The molecule has 0 aliphatic rings. The fraction of sp³-hybridized carbons (Fsp3) is 0.0667. The van der Waals surface area contributed by atoms with Gasteiger partial charge in [0, 0.05) is 11.5 Å². The lowest BCUT2D eigenvalue weighted by Crippen LogP contribution is -1.99. The van der Waals surface area contributed by atoms with Crippen molar-refractivity contribution >= 4 is 22.6 Å². The molecule has 5 heteroatoms. The van der Waals surface area contributed by atoms with Crippen LogP contribution in [0.5, 0.6) is 0 Å². The van der Waals surface area contributed by atoms with Gasteiger partial charge in [-0.25, -0.2) is 8.78 Å². The maximum Gasteiger partial charge on any atom is 0.153 e. The van der Waals surface area contributed by atoms with Crippen LogP contribution in [0.25, 0.3) is 11.0 Å². The Hall–Kier alpha value is -1.91. The zero-order chi connectivity index (χ0) is 14.3.